The Kier molecular flexibility index (Phi) is 7.16. The van der Waals surface area contributed by atoms with Crippen molar-refractivity contribution in [2.24, 2.45) is 0 Å². The van der Waals surface area contributed by atoms with E-state index < -0.39 is 6.10 Å². The molecule has 0 aliphatic carbocycles. The zero-order valence-corrected chi connectivity index (χ0v) is 13.7. The lowest BCUT2D eigenvalue weighted by molar-refractivity contribution is -0.0659. The van der Waals surface area contributed by atoms with E-state index in [1.54, 1.807) is 0 Å². The van der Waals surface area contributed by atoms with Crippen molar-refractivity contribution in [1.82, 2.24) is 0 Å². The third-order valence-electron chi connectivity index (χ3n) is 4.19. The van der Waals surface area contributed by atoms with E-state index in [0.29, 0.717) is 12.5 Å². The van der Waals surface area contributed by atoms with Crippen LogP contribution in [0.1, 0.15) is 44.6 Å². The summed E-state index contributed by atoms with van der Waals surface area (Å²) in [5, 5.41) is 10.0. The van der Waals surface area contributed by atoms with Gasteiger partial charge in [0.2, 0.25) is 0 Å². The summed E-state index contributed by atoms with van der Waals surface area (Å²) in [6, 6.07) is 8.05. The molecule has 1 aliphatic rings. The minimum absolute atomic E-state index is 0.204. The van der Waals surface area contributed by atoms with Gasteiger partial charge in [0.15, 0.2) is 0 Å². The molecule has 2 rings (SSSR count). The molecular weight excluding hydrogens is 280 g/mol. The Morgan fingerprint density at radius 3 is 2.68 bits per heavy atom. The van der Waals surface area contributed by atoms with E-state index in [1.807, 2.05) is 18.2 Å². The lowest BCUT2D eigenvalue weighted by Gasteiger charge is -2.24. The first-order valence-corrected chi connectivity index (χ1v) is 8.29. The van der Waals surface area contributed by atoms with E-state index >= 15 is 0 Å². The van der Waals surface area contributed by atoms with Gasteiger partial charge in [-0.2, -0.15) is 0 Å². The van der Waals surface area contributed by atoms with Crippen LogP contribution in [0.3, 0.4) is 0 Å². The van der Waals surface area contributed by atoms with Crippen LogP contribution < -0.4 is 4.74 Å². The Balaban J connectivity index is 1.77. The predicted molar refractivity (Wildman–Crippen MR) is 86.4 cm³/mol. The molecule has 0 saturated carbocycles. The molecule has 1 aromatic carbocycles. The summed E-state index contributed by atoms with van der Waals surface area (Å²) in [6.07, 6.45) is 2.48. The van der Waals surface area contributed by atoms with Crippen LogP contribution in [0.2, 0.25) is 0 Å². The first kappa shape index (κ1) is 17.3. The molecule has 1 aliphatic heterocycles. The third-order valence-corrected chi connectivity index (χ3v) is 4.19. The average Bonchev–Trinajstić information content (AvgIpc) is 2.58. The van der Waals surface area contributed by atoms with Crippen molar-refractivity contribution in [3.8, 4) is 5.75 Å². The molecule has 22 heavy (non-hydrogen) atoms. The van der Waals surface area contributed by atoms with Gasteiger partial charge >= 0.3 is 0 Å². The van der Waals surface area contributed by atoms with Crippen LogP contribution in [0, 0.1) is 0 Å². The summed E-state index contributed by atoms with van der Waals surface area (Å²) >= 11 is 0. The smallest absolute Gasteiger partial charge is 0.122 e. The van der Waals surface area contributed by atoms with Gasteiger partial charge in [0.1, 0.15) is 18.5 Å². The largest absolute Gasteiger partial charge is 0.491 e. The van der Waals surface area contributed by atoms with Crippen molar-refractivity contribution in [1.29, 1.82) is 0 Å². The van der Waals surface area contributed by atoms with Crippen molar-refractivity contribution >= 4 is 0 Å². The molecule has 124 valence electrons. The normalized spacial score (nSPS) is 18.9. The predicted octanol–water partition coefficient (Wildman–Crippen LogP) is 3.14. The SMILES string of the molecule is CCC(C)c1ccccc1OCC(O)COC1CCOCC1. The Morgan fingerprint density at radius 2 is 1.95 bits per heavy atom. The van der Waals surface area contributed by atoms with Gasteiger partial charge in [-0.05, 0) is 36.8 Å². The van der Waals surface area contributed by atoms with Crippen molar-refractivity contribution < 1.29 is 19.3 Å². The Morgan fingerprint density at radius 1 is 1.23 bits per heavy atom. The van der Waals surface area contributed by atoms with E-state index in [2.05, 4.69) is 19.9 Å². The molecule has 0 bridgehead atoms. The van der Waals surface area contributed by atoms with Gasteiger partial charge in [-0.25, -0.2) is 0 Å². The maximum atomic E-state index is 10.0. The van der Waals surface area contributed by atoms with Gasteiger partial charge in [0.25, 0.3) is 0 Å². The average molecular weight is 308 g/mol. The van der Waals surface area contributed by atoms with Gasteiger partial charge in [-0.3, -0.25) is 0 Å². The molecule has 0 amide bonds. The molecule has 1 fully saturated rings. The monoisotopic (exact) mass is 308 g/mol. The number of ether oxygens (including phenoxy) is 3. The van der Waals surface area contributed by atoms with Gasteiger partial charge in [0.05, 0.1) is 12.7 Å². The number of aliphatic hydroxyl groups is 1. The Labute approximate surface area is 133 Å². The molecule has 4 heteroatoms. The number of aliphatic hydroxyl groups excluding tert-OH is 1. The zero-order chi connectivity index (χ0) is 15.8. The van der Waals surface area contributed by atoms with Gasteiger partial charge in [0, 0.05) is 13.2 Å². The number of para-hydroxylation sites is 1. The standard InChI is InChI=1S/C18H28O4/c1-3-14(2)17-6-4-5-7-18(17)22-13-15(19)12-21-16-8-10-20-11-9-16/h4-7,14-16,19H,3,8-13H2,1-2H3. The highest BCUT2D eigenvalue weighted by Crippen LogP contribution is 2.28. The second kappa shape index (κ2) is 9.13. The molecule has 1 N–H and O–H groups in total. The van der Waals surface area contributed by atoms with Gasteiger partial charge < -0.3 is 19.3 Å². The molecule has 0 radical (unpaired) electrons. The molecule has 2 atom stereocenters. The van der Waals surface area contributed by atoms with Crippen LogP contribution in [0.15, 0.2) is 24.3 Å². The van der Waals surface area contributed by atoms with E-state index in [0.717, 1.165) is 38.2 Å². The topological polar surface area (TPSA) is 47.9 Å². The summed E-state index contributed by atoms with van der Waals surface area (Å²) in [6.45, 7) is 6.43. The summed E-state index contributed by atoms with van der Waals surface area (Å²) in [7, 11) is 0. The minimum Gasteiger partial charge on any atom is -0.491 e. The van der Waals surface area contributed by atoms with Crippen LogP contribution in [-0.2, 0) is 9.47 Å². The van der Waals surface area contributed by atoms with Crippen LogP contribution in [0.25, 0.3) is 0 Å². The second-order valence-corrected chi connectivity index (χ2v) is 5.96. The number of benzene rings is 1. The lowest BCUT2D eigenvalue weighted by Crippen LogP contribution is -2.30. The zero-order valence-electron chi connectivity index (χ0n) is 13.7. The third kappa shape index (κ3) is 5.27. The summed E-state index contributed by atoms with van der Waals surface area (Å²) < 4.78 is 16.8. The quantitative estimate of drug-likeness (QED) is 0.801. The van der Waals surface area contributed by atoms with Gasteiger partial charge in [-0.15, -0.1) is 0 Å². The fraction of sp³-hybridized carbons (Fsp3) is 0.667. The summed E-state index contributed by atoms with van der Waals surface area (Å²) in [4.78, 5) is 0. The number of hydrogen-bond acceptors (Lipinski definition) is 4. The fourth-order valence-corrected chi connectivity index (χ4v) is 2.56. The van der Waals surface area contributed by atoms with Gasteiger partial charge in [-0.1, -0.05) is 32.0 Å². The van der Waals surface area contributed by atoms with E-state index in [-0.39, 0.29) is 12.7 Å². The second-order valence-electron chi connectivity index (χ2n) is 5.96. The summed E-state index contributed by atoms with van der Waals surface area (Å²) in [5.74, 6) is 1.31. The molecule has 1 saturated heterocycles. The first-order chi connectivity index (χ1) is 10.7. The maximum Gasteiger partial charge on any atom is 0.122 e. The van der Waals surface area contributed by atoms with Crippen LogP contribution in [-0.4, -0.2) is 43.7 Å². The van der Waals surface area contributed by atoms with Crippen molar-refractivity contribution in [2.75, 3.05) is 26.4 Å². The van der Waals surface area contributed by atoms with Crippen LogP contribution >= 0.6 is 0 Å². The van der Waals surface area contributed by atoms with Crippen LogP contribution in [0.4, 0.5) is 0 Å². The van der Waals surface area contributed by atoms with Crippen molar-refractivity contribution in [3.05, 3.63) is 29.8 Å². The maximum absolute atomic E-state index is 10.0. The fourth-order valence-electron chi connectivity index (χ4n) is 2.56. The highest BCUT2D eigenvalue weighted by atomic mass is 16.5. The van der Waals surface area contributed by atoms with Crippen LogP contribution in [0.5, 0.6) is 5.75 Å². The van der Waals surface area contributed by atoms with Crippen molar-refractivity contribution in [3.63, 3.8) is 0 Å². The van der Waals surface area contributed by atoms with E-state index in [1.165, 1.54) is 5.56 Å². The highest BCUT2D eigenvalue weighted by Gasteiger charge is 2.17. The van der Waals surface area contributed by atoms with Crippen molar-refractivity contribution in [2.45, 2.75) is 51.2 Å². The minimum atomic E-state index is -0.604. The number of hydrogen-bond donors (Lipinski definition) is 1. The first-order valence-electron chi connectivity index (χ1n) is 8.29. The molecule has 2 unspecified atom stereocenters. The molecule has 1 heterocycles. The number of rotatable bonds is 8. The molecule has 0 spiro atoms. The summed E-state index contributed by atoms with van der Waals surface area (Å²) in [5.41, 5.74) is 1.20. The van der Waals surface area contributed by atoms with E-state index in [4.69, 9.17) is 14.2 Å². The molecule has 1 aromatic rings. The molecule has 0 aromatic heterocycles. The van der Waals surface area contributed by atoms with E-state index in [9.17, 15) is 5.11 Å². The Hall–Kier alpha value is -1.10. The lowest BCUT2D eigenvalue weighted by atomic mass is 9.98. The highest BCUT2D eigenvalue weighted by molar-refractivity contribution is 5.35. The molecule has 4 nitrogen and oxygen atoms in total. The Bertz CT molecular complexity index is 429. The molecular formula is C18H28O4.